The highest BCUT2D eigenvalue weighted by molar-refractivity contribution is 7.90. The number of rotatable bonds is 4. The summed E-state index contributed by atoms with van der Waals surface area (Å²) in [6.45, 7) is 3.92. The highest BCUT2D eigenvalue weighted by atomic mass is 32.2. The van der Waals surface area contributed by atoms with Crippen molar-refractivity contribution < 1.29 is 8.42 Å². The Morgan fingerprint density at radius 2 is 1.73 bits per heavy atom. The predicted molar refractivity (Wildman–Crippen MR) is 61.6 cm³/mol. The van der Waals surface area contributed by atoms with Crippen molar-refractivity contribution in [1.82, 2.24) is 4.90 Å². The third-order valence-electron chi connectivity index (χ3n) is 2.34. The van der Waals surface area contributed by atoms with Crippen molar-refractivity contribution in [2.24, 2.45) is 0 Å². The fraction of sp³-hybridized carbons (Fsp3) is 0.455. The van der Waals surface area contributed by atoms with Gasteiger partial charge in [-0.05, 0) is 31.3 Å². The lowest BCUT2D eigenvalue weighted by Crippen LogP contribution is -2.16. The molecule has 1 rings (SSSR count). The lowest BCUT2D eigenvalue weighted by Gasteiger charge is -2.13. The maximum Gasteiger partial charge on any atom is 0.175 e. The van der Waals surface area contributed by atoms with E-state index >= 15 is 0 Å². The number of sulfone groups is 1. The Kier molecular flexibility index (Phi) is 3.88. The highest BCUT2D eigenvalue weighted by Gasteiger charge is 2.06. The zero-order valence-electron chi connectivity index (χ0n) is 9.40. The maximum absolute atomic E-state index is 11.2. The number of benzene rings is 1. The predicted octanol–water partition coefficient (Wildman–Crippen LogP) is 1.54. The fourth-order valence-corrected chi connectivity index (χ4v) is 1.90. The summed E-state index contributed by atoms with van der Waals surface area (Å²) in [5, 5.41) is 0. The minimum atomic E-state index is -3.07. The molecule has 0 radical (unpaired) electrons. The molecule has 0 aromatic heterocycles. The lowest BCUT2D eigenvalue weighted by atomic mass is 10.2. The molecule has 0 fully saturated rings. The maximum atomic E-state index is 11.2. The van der Waals surface area contributed by atoms with Gasteiger partial charge in [0.15, 0.2) is 9.84 Å². The van der Waals surface area contributed by atoms with Gasteiger partial charge in [0.05, 0.1) is 4.90 Å². The van der Waals surface area contributed by atoms with Gasteiger partial charge in [0.1, 0.15) is 0 Å². The molecule has 3 nitrogen and oxygen atoms in total. The van der Waals surface area contributed by atoms with Crippen molar-refractivity contribution in [1.29, 1.82) is 0 Å². The van der Waals surface area contributed by atoms with Crippen molar-refractivity contribution in [2.75, 3.05) is 19.8 Å². The topological polar surface area (TPSA) is 37.4 Å². The van der Waals surface area contributed by atoms with Gasteiger partial charge in [-0.3, -0.25) is 0 Å². The summed E-state index contributed by atoms with van der Waals surface area (Å²) in [5.41, 5.74) is 1.13. The smallest absolute Gasteiger partial charge is 0.175 e. The zero-order chi connectivity index (χ0) is 11.5. The largest absolute Gasteiger partial charge is 0.302 e. The van der Waals surface area contributed by atoms with Gasteiger partial charge >= 0.3 is 0 Å². The van der Waals surface area contributed by atoms with Gasteiger partial charge in [-0.1, -0.05) is 19.1 Å². The van der Waals surface area contributed by atoms with E-state index in [2.05, 4.69) is 11.8 Å². The molecule has 84 valence electrons. The molecule has 0 bridgehead atoms. The van der Waals surface area contributed by atoms with E-state index in [0.717, 1.165) is 18.7 Å². The number of nitrogens with zero attached hydrogens (tertiary/aromatic N) is 1. The second kappa shape index (κ2) is 4.77. The van der Waals surface area contributed by atoms with Gasteiger partial charge in [-0.25, -0.2) is 8.42 Å². The van der Waals surface area contributed by atoms with Crippen LogP contribution < -0.4 is 0 Å². The van der Waals surface area contributed by atoms with Crippen molar-refractivity contribution in [3.63, 3.8) is 0 Å². The van der Waals surface area contributed by atoms with E-state index in [4.69, 9.17) is 0 Å². The molecule has 0 unspecified atom stereocenters. The van der Waals surface area contributed by atoms with E-state index in [-0.39, 0.29) is 0 Å². The van der Waals surface area contributed by atoms with Crippen LogP contribution in [0.4, 0.5) is 0 Å². The minimum absolute atomic E-state index is 0.380. The molecule has 0 amide bonds. The van der Waals surface area contributed by atoms with Crippen LogP contribution in [-0.2, 0) is 16.4 Å². The van der Waals surface area contributed by atoms with Gasteiger partial charge in [0.25, 0.3) is 0 Å². The molecule has 1 aromatic rings. The molecule has 0 heterocycles. The van der Waals surface area contributed by atoms with Crippen molar-refractivity contribution in [2.45, 2.75) is 18.4 Å². The van der Waals surface area contributed by atoms with Crippen LogP contribution in [0, 0.1) is 0 Å². The molecule has 0 aliphatic rings. The van der Waals surface area contributed by atoms with Crippen LogP contribution in [0.1, 0.15) is 12.5 Å². The standard InChI is InChI=1S/C11H17NO2S/c1-4-12(2)9-10-5-7-11(8-6-10)15(3,13)14/h5-8H,4,9H2,1-3H3. The molecule has 0 spiro atoms. The first-order valence-corrected chi connectivity index (χ1v) is 6.80. The summed E-state index contributed by atoms with van der Waals surface area (Å²) in [4.78, 5) is 2.54. The molecule has 1 aromatic carbocycles. The number of hydrogen-bond donors (Lipinski definition) is 0. The van der Waals surface area contributed by atoms with Gasteiger partial charge in [-0.2, -0.15) is 0 Å². The monoisotopic (exact) mass is 227 g/mol. The van der Waals surface area contributed by atoms with E-state index < -0.39 is 9.84 Å². The first-order valence-electron chi connectivity index (χ1n) is 4.91. The first-order chi connectivity index (χ1) is 6.93. The molecular weight excluding hydrogens is 210 g/mol. The van der Waals surface area contributed by atoms with Crippen LogP contribution in [0.25, 0.3) is 0 Å². The Balaban J connectivity index is 2.82. The molecule has 0 aliphatic carbocycles. The second-order valence-electron chi connectivity index (χ2n) is 3.75. The Hall–Kier alpha value is -0.870. The van der Waals surface area contributed by atoms with Gasteiger partial charge in [-0.15, -0.1) is 0 Å². The minimum Gasteiger partial charge on any atom is -0.302 e. The SMILES string of the molecule is CCN(C)Cc1ccc(S(C)(=O)=O)cc1. The molecule has 0 atom stereocenters. The van der Waals surface area contributed by atoms with Crippen LogP contribution in [0.2, 0.25) is 0 Å². The third kappa shape index (κ3) is 3.64. The summed E-state index contributed by atoms with van der Waals surface area (Å²) < 4.78 is 22.4. The van der Waals surface area contributed by atoms with Crippen LogP contribution in [0.15, 0.2) is 29.2 Å². The van der Waals surface area contributed by atoms with E-state index in [1.165, 1.54) is 6.26 Å². The van der Waals surface area contributed by atoms with Gasteiger partial charge in [0.2, 0.25) is 0 Å². The van der Waals surface area contributed by atoms with Crippen molar-refractivity contribution in [3.8, 4) is 0 Å². The molecule has 15 heavy (non-hydrogen) atoms. The molecule has 0 saturated carbocycles. The third-order valence-corrected chi connectivity index (χ3v) is 3.47. The van der Waals surface area contributed by atoms with E-state index in [1.807, 2.05) is 19.2 Å². The molecular formula is C11H17NO2S. The fourth-order valence-electron chi connectivity index (χ4n) is 1.27. The van der Waals surface area contributed by atoms with E-state index in [0.29, 0.717) is 4.90 Å². The van der Waals surface area contributed by atoms with Crippen LogP contribution in [0.3, 0.4) is 0 Å². The average Bonchev–Trinajstić information content (AvgIpc) is 2.17. The Labute approximate surface area is 91.6 Å². The summed E-state index contributed by atoms with van der Waals surface area (Å²) in [5.74, 6) is 0. The molecule has 0 N–H and O–H groups in total. The van der Waals surface area contributed by atoms with E-state index in [9.17, 15) is 8.42 Å². The van der Waals surface area contributed by atoms with Crippen LogP contribution in [-0.4, -0.2) is 33.2 Å². The van der Waals surface area contributed by atoms with Crippen LogP contribution >= 0.6 is 0 Å². The average molecular weight is 227 g/mol. The second-order valence-corrected chi connectivity index (χ2v) is 5.76. The summed E-state index contributed by atoms with van der Waals surface area (Å²) in [7, 11) is -1.04. The van der Waals surface area contributed by atoms with E-state index in [1.54, 1.807) is 12.1 Å². The molecule has 0 saturated heterocycles. The Bertz CT molecular complexity index is 409. The first kappa shape index (κ1) is 12.2. The summed E-state index contributed by atoms with van der Waals surface area (Å²) >= 11 is 0. The normalized spacial score (nSPS) is 12.0. The summed E-state index contributed by atoms with van der Waals surface area (Å²) in [6, 6.07) is 7.05. The Morgan fingerprint density at radius 1 is 1.20 bits per heavy atom. The Morgan fingerprint density at radius 3 is 2.13 bits per heavy atom. The zero-order valence-corrected chi connectivity index (χ0v) is 10.2. The van der Waals surface area contributed by atoms with Gasteiger partial charge in [0, 0.05) is 12.8 Å². The van der Waals surface area contributed by atoms with Crippen molar-refractivity contribution in [3.05, 3.63) is 29.8 Å². The quantitative estimate of drug-likeness (QED) is 0.783. The molecule has 0 aliphatic heterocycles. The lowest BCUT2D eigenvalue weighted by molar-refractivity contribution is 0.345. The van der Waals surface area contributed by atoms with Crippen molar-refractivity contribution >= 4 is 9.84 Å². The summed E-state index contributed by atoms with van der Waals surface area (Å²) in [6.07, 6.45) is 1.22. The number of hydrogen-bond acceptors (Lipinski definition) is 3. The van der Waals surface area contributed by atoms with Crippen LogP contribution in [0.5, 0.6) is 0 Å². The van der Waals surface area contributed by atoms with Gasteiger partial charge < -0.3 is 4.90 Å². The highest BCUT2D eigenvalue weighted by Crippen LogP contribution is 2.11. The molecule has 4 heteroatoms.